The van der Waals surface area contributed by atoms with Crippen LogP contribution in [0, 0.1) is 6.92 Å². The zero-order valence-electron chi connectivity index (χ0n) is 16.5. The molecule has 1 aromatic heterocycles. The van der Waals surface area contributed by atoms with Crippen molar-refractivity contribution < 1.29 is 23.8 Å². The van der Waals surface area contributed by atoms with Crippen LogP contribution in [0.5, 0.6) is 11.5 Å². The molecule has 0 saturated carbocycles. The molecule has 0 bridgehead atoms. The molecule has 0 N–H and O–H groups in total. The standard InChI is InChI=1S/C21H22N2O5S/c1-4-27-20(25)12-23-17-9-8-14(2)10-18(17)29-21(23)22-19(24)13-28-16-7-5-6-15(11-16)26-3/h5-11H,4,12-13H2,1-3H3. The van der Waals surface area contributed by atoms with Crippen LogP contribution >= 0.6 is 11.3 Å². The molecule has 0 aliphatic carbocycles. The second kappa shape index (κ2) is 9.38. The minimum atomic E-state index is -0.450. The zero-order valence-corrected chi connectivity index (χ0v) is 17.3. The lowest BCUT2D eigenvalue weighted by Gasteiger charge is -2.06. The first-order valence-electron chi connectivity index (χ1n) is 9.10. The van der Waals surface area contributed by atoms with E-state index >= 15 is 0 Å². The molecular weight excluding hydrogens is 392 g/mol. The van der Waals surface area contributed by atoms with Gasteiger partial charge in [0.1, 0.15) is 18.0 Å². The van der Waals surface area contributed by atoms with Gasteiger partial charge in [0.25, 0.3) is 5.91 Å². The number of hydrogen-bond donors (Lipinski definition) is 0. The van der Waals surface area contributed by atoms with Crippen LogP contribution in [0.3, 0.4) is 0 Å². The molecule has 0 radical (unpaired) electrons. The molecule has 0 aliphatic rings. The van der Waals surface area contributed by atoms with Gasteiger partial charge in [0.05, 0.1) is 23.9 Å². The number of fused-ring (bicyclic) bond motifs is 1. The first-order valence-corrected chi connectivity index (χ1v) is 9.92. The van der Waals surface area contributed by atoms with E-state index in [0.717, 1.165) is 15.8 Å². The number of carbonyl (C=O) groups excluding carboxylic acids is 2. The summed E-state index contributed by atoms with van der Waals surface area (Å²) in [5.74, 6) is 0.321. The van der Waals surface area contributed by atoms with E-state index in [1.807, 2.05) is 25.1 Å². The Bertz CT molecular complexity index is 1100. The molecule has 8 heteroatoms. The topological polar surface area (TPSA) is 79.1 Å². The van der Waals surface area contributed by atoms with Crippen LogP contribution in [-0.2, 0) is 20.9 Å². The van der Waals surface area contributed by atoms with Crippen LogP contribution in [0.25, 0.3) is 10.2 Å². The summed E-state index contributed by atoms with van der Waals surface area (Å²) in [6.45, 7) is 3.79. The molecule has 0 aliphatic heterocycles. The zero-order chi connectivity index (χ0) is 20.8. The number of rotatable bonds is 7. The van der Waals surface area contributed by atoms with Crippen LogP contribution in [-0.4, -0.2) is 36.8 Å². The van der Waals surface area contributed by atoms with Gasteiger partial charge in [0.15, 0.2) is 11.4 Å². The molecule has 29 heavy (non-hydrogen) atoms. The van der Waals surface area contributed by atoms with E-state index in [-0.39, 0.29) is 19.1 Å². The van der Waals surface area contributed by atoms with Crippen molar-refractivity contribution >= 4 is 33.4 Å². The minimum absolute atomic E-state index is 0.0141. The van der Waals surface area contributed by atoms with Gasteiger partial charge in [-0.1, -0.05) is 23.5 Å². The van der Waals surface area contributed by atoms with Crippen LogP contribution in [0.1, 0.15) is 12.5 Å². The van der Waals surface area contributed by atoms with Gasteiger partial charge in [-0.15, -0.1) is 0 Å². The third kappa shape index (κ3) is 5.23. The molecule has 2 aromatic carbocycles. The smallest absolute Gasteiger partial charge is 0.326 e. The van der Waals surface area contributed by atoms with Crippen molar-refractivity contribution in [3.05, 3.63) is 52.8 Å². The number of benzene rings is 2. The fourth-order valence-electron chi connectivity index (χ4n) is 2.73. The number of thiazole rings is 1. The second-order valence-corrected chi connectivity index (χ2v) is 7.23. The highest BCUT2D eigenvalue weighted by Crippen LogP contribution is 2.20. The third-order valence-electron chi connectivity index (χ3n) is 4.05. The summed E-state index contributed by atoms with van der Waals surface area (Å²) in [6, 6.07) is 12.9. The summed E-state index contributed by atoms with van der Waals surface area (Å²) in [5, 5.41) is 0. The van der Waals surface area contributed by atoms with Gasteiger partial charge >= 0.3 is 5.97 Å². The van der Waals surface area contributed by atoms with E-state index in [1.165, 1.54) is 11.3 Å². The maximum Gasteiger partial charge on any atom is 0.326 e. The van der Waals surface area contributed by atoms with Crippen molar-refractivity contribution in [3.63, 3.8) is 0 Å². The molecule has 0 unspecified atom stereocenters. The summed E-state index contributed by atoms with van der Waals surface area (Å²) in [7, 11) is 1.56. The number of hydrogen-bond acceptors (Lipinski definition) is 6. The molecule has 0 saturated heterocycles. The summed E-state index contributed by atoms with van der Waals surface area (Å²) in [5.41, 5.74) is 1.91. The lowest BCUT2D eigenvalue weighted by atomic mass is 10.2. The predicted octanol–water partition coefficient (Wildman–Crippen LogP) is 3.09. The number of amides is 1. The molecule has 3 rings (SSSR count). The Balaban J connectivity index is 1.86. The number of ether oxygens (including phenoxy) is 3. The lowest BCUT2D eigenvalue weighted by molar-refractivity contribution is -0.143. The highest BCUT2D eigenvalue weighted by atomic mass is 32.1. The summed E-state index contributed by atoms with van der Waals surface area (Å²) in [4.78, 5) is 29.0. The Morgan fingerprint density at radius 3 is 2.69 bits per heavy atom. The molecular formula is C21H22N2O5S. The molecule has 3 aromatic rings. The first kappa shape index (κ1) is 20.6. The van der Waals surface area contributed by atoms with Crippen molar-refractivity contribution in [2.24, 2.45) is 4.99 Å². The fourth-order valence-corrected chi connectivity index (χ4v) is 3.87. The van der Waals surface area contributed by atoms with Gasteiger partial charge in [0, 0.05) is 6.07 Å². The molecule has 0 spiro atoms. The number of aryl methyl sites for hydroxylation is 1. The molecule has 0 fully saturated rings. The second-order valence-electron chi connectivity index (χ2n) is 6.22. The highest BCUT2D eigenvalue weighted by molar-refractivity contribution is 7.16. The molecule has 1 heterocycles. The summed E-state index contributed by atoms with van der Waals surface area (Å²) in [6.07, 6.45) is 0. The summed E-state index contributed by atoms with van der Waals surface area (Å²) < 4.78 is 18.3. The Morgan fingerprint density at radius 2 is 1.93 bits per heavy atom. The van der Waals surface area contributed by atoms with Crippen LogP contribution < -0.4 is 14.3 Å². The van der Waals surface area contributed by atoms with Gasteiger partial charge in [-0.05, 0) is 43.7 Å². The number of aromatic nitrogens is 1. The van der Waals surface area contributed by atoms with E-state index in [2.05, 4.69) is 4.99 Å². The highest BCUT2D eigenvalue weighted by Gasteiger charge is 2.12. The van der Waals surface area contributed by atoms with Gasteiger partial charge < -0.3 is 18.8 Å². The van der Waals surface area contributed by atoms with Crippen LogP contribution in [0.4, 0.5) is 0 Å². The minimum Gasteiger partial charge on any atom is -0.497 e. The maximum atomic E-state index is 12.4. The van der Waals surface area contributed by atoms with E-state index in [9.17, 15) is 9.59 Å². The van der Waals surface area contributed by atoms with Crippen LogP contribution in [0.2, 0.25) is 0 Å². The molecule has 0 atom stereocenters. The van der Waals surface area contributed by atoms with Crippen molar-refractivity contribution in [1.29, 1.82) is 0 Å². The van der Waals surface area contributed by atoms with Crippen molar-refractivity contribution in [1.82, 2.24) is 4.57 Å². The van der Waals surface area contributed by atoms with Gasteiger partial charge in [-0.2, -0.15) is 4.99 Å². The summed E-state index contributed by atoms with van der Waals surface area (Å²) >= 11 is 1.35. The average Bonchev–Trinajstić information content (AvgIpc) is 3.02. The third-order valence-corrected chi connectivity index (χ3v) is 5.10. The van der Waals surface area contributed by atoms with E-state index in [1.54, 1.807) is 42.9 Å². The van der Waals surface area contributed by atoms with Crippen LogP contribution in [0.15, 0.2) is 47.5 Å². The number of esters is 1. The van der Waals surface area contributed by atoms with Gasteiger partial charge in [0.2, 0.25) is 0 Å². The number of carbonyl (C=O) groups is 2. The fraction of sp³-hybridized carbons (Fsp3) is 0.286. The van der Waals surface area contributed by atoms with E-state index in [4.69, 9.17) is 14.2 Å². The van der Waals surface area contributed by atoms with Crippen molar-refractivity contribution in [2.45, 2.75) is 20.4 Å². The first-order chi connectivity index (χ1) is 14.0. The quantitative estimate of drug-likeness (QED) is 0.555. The van der Waals surface area contributed by atoms with Crippen molar-refractivity contribution in [2.75, 3.05) is 20.3 Å². The van der Waals surface area contributed by atoms with E-state index < -0.39 is 5.91 Å². The predicted molar refractivity (Wildman–Crippen MR) is 110 cm³/mol. The Kier molecular flexibility index (Phi) is 6.66. The Morgan fingerprint density at radius 1 is 1.14 bits per heavy atom. The molecule has 7 nitrogen and oxygen atoms in total. The maximum absolute atomic E-state index is 12.4. The monoisotopic (exact) mass is 414 g/mol. The molecule has 152 valence electrons. The Labute approximate surface area is 172 Å². The SMILES string of the molecule is CCOC(=O)Cn1c(=NC(=O)COc2cccc(OC)c2)sc2cc(C)ccc21. The van der Waals surface area contributed by atoms with Crippen molar-refractivity contribution in [3.8, 4) is 11.5 Å². The largest absolute Gasteiger partial charge is 0.497 e. The van der Waals surface area contributed by atoms with Gasteiger partial charge in [-0.25, -0.2) is 0 Å². The van der Waals surface area contributed by atoms with E-state index in [0.29, 0.717) is 22.9 Å². The average molecular weight is 414 g/mol. The number of nitrogens with zero attached hydrogens (tertiary/aromatic N) is 2. The number of methoxy groups -OCH3 is 1. The normalized spacial score (nSPS) is 11.5. The lowest BCUT2D eigenvalue weighted by Crippen LogP contribution is -2.24. The molecule has 1 amide bonds. The Hall–Kier alpha value is -3.13. The van der Waals surface area contributed by atoms with Gasteiger partial charge in [-0.3, -0.25) is 9.59 Å².